The van der Waals surface area contributed by atoms with Gasteiger partial charge in [-0.1, -0.05) is 46.9 Å². The number of aliphatic hydroxyl groups excluding tert-OH is 1. The second-order valence-corrected chi connectivity index (χ2v) is 10.6. The number of nitrogens with zero attached hydrogens (tertiary/aromatic N) is 1. The number of nitrogens with one attached hydrogen (secondary N) is 1. The number of aromatic nitrogens is 1. The van der Waals surface area contributed by atoms with Crippen LogP contribution in [-0.2, 0) is 0 Å². The first-order valence-corrected chi connectivity index (χ1v) is 12.9. The lowest BCUT2D eigenvalue weighted by molar-refractivity contribution is 0.0696. The molecule has 0 bridgehead atoms. The van der Waals surface area contributed by atoms with Crippen LogP contribution in [0.1, 0.15) is 58.1 Å². The van der Waals surface area contributed by atoms with Crippen LogP contribution in [0.2, 0.25) is 15.1 Å². The molecule has 0 amide bonds. The molecule has 2 saturated carbocycles. The number of allylic oxidation sites excluding steroid dienone is 1. The summed E-state index contributed by atoms with van der Waals surface area (Å²) in [5.41, 5.74) is 2.72. The number of halogens is 3. The average molecular weight is 558 g/mol. The number of carboxylic acids is 1. The first-order valence-electron chi connectivity index (χ1n) is 11.8. The highest BCUT2D eigenvalue weighted by Gasteiger charge is 2.41. The van der Waals surface area contributed by atoms with Gasteiger partial charge in [-0.15, -0.1) is 0 Å². The van der Waals surface area contributed by atoms with E-state index in [9.17, 15) is 15.0 Å². The van der Waals surface area contributed by atoms with Gasteiger partial charge in [-0.2, -0.15) is 0 Å². The smallest absolute Gasteiger partial charge is 0.337 e. The molecule has 2 aliphatic rings. The predicted molar refractivity (Wildman–Crippen MR) is 144 cm³/mol. The topological polar surface area (TPSA) is 104 Å². The van der Waals surface area contributed by atoms with Gasteiger partial charge >= 0.3 is 5.97 Å². The molecule has 6 nitrogen and oxygen atoms in total. The van der Waals surface area contributed by atoms with Gasteiger partial charge in [0.2, 0.25) is 0 Å². The van der Waals surface area contributed by atoms with Crippen molar-refractivity contribution in [2.24, 2.45) is 5.92 Å². The lowest BCUT2D eigenvalue weighted by Gasteiger charge is -2.16. The van der Waals surface area contributed by atoms with Crippen LogP contribution < -0.4 is 4.74 Å². The van der Waals surface area contributed by atoms with Gasteiger partial charge in [0.1, 0.15) is 18.1 Å². The zero-order chi connectivity index (χ0) is 26.3. The first kappa shape index (κ1) is 25.6. The predicted octanol–water partition coefficient (Wildman–Crippen LogP) is 7.68. The molecule has 2 atom stereocenters. The Morgan fingerprint density at radius 3 is 2.38 bits per heavy atom. The molecule has 190 valence electrons. The summed E-state index contributed by atoms with van der Waals surface area (Å²) in [7, 11) is 0. The summed E-state index contributed by atoms with van der Waals surface area (Å²) in [6, 6.07) is 12.1. The van der Waals surface area contributed by atoms with Crippen molar-refractivity contribution in [3.8, 4) is 5.75 Å². The number of hydrogen-bond donors (Lipinski definition) is 3. The Kier molecular flexibility index (Phi) is 7.17. The highest BCUT2D eigenvalue weighted by atomic mass is 35.5. The molecule has 0 radical (unpaired) electrons. The normalized spacial score (nSPS) is 19.2. The standard InChI is InChI=1S/C28H23Cl3N2O4/c29-22-2-1-3-23(30)25(22)26(32)21(27(34)14-4-5-14)13-37-17-6-7-18(24(31)9-17)20-10-19(20)15-8-16(28(35)36)12-33-11-15/h1-3,6-9,11-12,14,19-20,32,34H,4-5,10,13H2,(H,35,36)/b27-21-,32-26?. The van der Waals surface area contributed by atoms with E-state index in [4.69, 9.17) is 44.9 Å². The maximum atomic E-state index is 11.3. The Morgan fingerprint density at radius 2 is 1.73 bits per heavy atom. The van der Waals surface area contributed by atoms with E-state index in [1.54, 1.807) is 42.6 Å². The van der Waals surface area contributed by atoms with Crippen molar-refractivity contribution in [1.29, 1.82) is 5.41 Å². The fourth-order valence-corrected chi connectivity index (χ4v) is 5.40. The van der Waals surface area contributed by atoms with Crippen molar-refractivity contribution in [3.05, 3.63) is 104 Å². The molecule has 0 aliphatic heterocycles. The third-order valence-electron chi connectivity index (χ3n) is 6.77. The second-order valence-electron chi connectivity index (χ2n) is 9.34. The molecule has 1 aromatic heterocycles. The minimum absolute atomic E-state index is 0.00657. The van der Waals surface area contributed by atoms with Crippen LogP contribution in [0, 0.1) is 11.3 Å². The number of aliphatic hydroxyl groups is 1. The van der Waals surface area contributed by atoms with E-state index < -0.39 is 5.97 Å². The minimum atomic E-state index is -1.00. The minimum Gasteiger partial charge on any atom is -0.512 e. The molecule has 1 heterocycles. The lowest BCUT2D eigenvalue weighted by atomic mass is 10.00. The van der Waals surface area contributed by atoms with E-state index in [1.165, 1.54) is 6.20 Å². The number of aromatic carboxylic acids is 1. The Balaban J connectivity index is 1.32. The van der Waals surface area contributed by atoms with Gasteiger partial charge in [-0.25, -0.2) is 4.79 Å². The molecule has 2 aromatic carbocycles. The zero-order valence-corrected chi connectivity index (χ0v) is 21.8. The van der Waals surface area contributed by atoms with E-state index in [1.807, 2.05) is 6.07 Å². The summed E-state index contributed by atoms with van der Waals surface area (Å²) in [5.74, 6) is -0.0511. The molecule has 2 fully saturated rings. The van der Waals surface area contributed by atoms with Gasteiger partial charge < -0.3 is 14.9 Å². The number of pyridine rings is 1. The molecular weight excluding hydrogens is 535 g/mol. The summed E-state index contributed by atoms with van der Waals surface area (Å²) < 4.78 is 5.97. The number of benzene rings is 2. The van der Waals surface area contributed by atoms with E-state index >= 15 is 0 Å². The molecule has 5 rings (SSSR count). The van der Waals surface area contributed by atoms with E-state index in [-0.39, 0.29) is 41.4 Å². The highest BCUT2D eigenvalue weighted by molar-refractivity contribution is 6.41. The van der Waals surface area contributed by atoms with E-state index in [2.05, 4.69) is 4.98 Å². The summed E-state index contributed by atoms with van der Waals surface area (Å²) in [5, 5.41) is 30.0. The van der Waals surface area contributed by atoms with Gasteiger partial charge in [0.05, 0.1) is 26.9 Å². The van der Waals surface area contributed by atoms with Gasteiger partial charge in [0.15, 0.2) is 0 Å². The van der Waals surface area contributed by atoms with Crippen molar-refractivity contribution < 1.29 is 19.7 Å². The van der Waals surface area contributed by atoms with E-state index in [0.717, 1.165) is 30.4 Å². The summed E-state index contributed by atoms with van der Waals surface area (Å²) >= 11 is 19.2. The van der Waals surface area contributed by atoms with Crippen molar-refractivity contribution in [3.63, 3.8) is 0 Å². The van der Waals surface area contributed by atoms with Gasteiger partial charge in [-0.3, -0.25) is 10.4 Å². The van der Waals surface area contributed by atoms with Gasteiger partial charge in [0, 0.05) is 28.9 Å². The number of carboxylic acid groups (broad SMARTS) is 1. The quantitative estimate of drug-likeness (QED) is 0.185. The molecule has 0 saturated heterocycles. The molecule has 0 spiro atoms. The molecule has 37 heavy (non-hydrogen) atoms. The van der Waals surface area contributed by atoms with Crippen molar-refractivity contribution in [1.82, 2.24) is 4.98 Å². The second kappa shape index (κ2) is 10.4. The van der Waals surface area contributed by atoms with Crippen LogP contribution in [0.25, 0.3) is 0 Å². The summed E-state index contributed by atoms with van der Waals surface area (Å²) in [6.45, 7) is -0.0436. The zero-order valence-electron chi connectivity index (χ0n) is 19.5. The molecule has 9 heteroatoms. The van der Waals surface area contributed by atoms with Crippen LogP contribution in [0.3, 0.4) is 0 Å². The highest BCUT2D eigenvalue weighted by Crippen LogP contribution is 2.56. The van der Waals surface area contributed by atoms with Crippen molar-refractivity contribution >= 4 is 46.5 Å². The molecular formula is C28H23Cl3N2O4. The Labute approximate surface area is 229 Å². The number of ether oxygens (including phenoxy) is 1. The Morgan fingerprint density at radius 1 is 1.00 bits per heavy atom. The van der Waals surface area contributed by atoms with Gasteiger partial charge in [-0.05, 0) is 72.6 Å². The van der Waals surface area contributed by atoms with Crippen molar-refractivity contribution in [2.45, 2.75) is 31.1 Å². The van der Waals surface area contributed by atoms with Gasteiger partial charge in [0.25, 0.3) is 0 Å². The molecule has 2 aliphatic carbocycles. The Bertz CT molecular complexity index is 1410. The monoisotopic (exact) mass is 556 g/mol. The fraction of sp³-hybridized carbons (Fsp3) is 0.250. The van der Waals surface area contributed by atoms with Crippen LogP contribution in [-0.4, -0.2) is 33.5 Å². The lowest BCUT2D eigenvalue weighted by Crippen LogP contribution is -2.16. The number of rotatable bonds is 9. The number of hydrogen-bond acceptors (Lipinski definition) is 5. The molecule has 3 N–H and O–H groups in total. The largest absolute Gasteiger partial charge is 0.512 e. The maximum Gasteiger partial charge on any atom is 0.337 e. The fourth-order valence-electron chi connectivity index (χ4n) is 4.50. The van der Waals surface area contributed by atoms with Crippen LogP contribution in [0.4, 0.5) is 0 Å². The van der Waals surface area contributed by atoms with Crippen LogP contribution >= 0.6 is 34.8 Å². The Hall–Kier alpha value is -3.06. The SMILES string of the molecule is N=C(/C(COc1ccc(C2CC2c2cncc(C(=O)O)c2)c(Cl)c1)=C(\O)C1CC1)c1c(Cl)cccc1Cl. The third kappa shape index (κ3) is 5.47. The summed E-state index contributed by atoms with van der Waals surface area (Å²) in [4.78, 5) is 15.3. The first-order chi connectivity index (χ1) is 17.7. The van der Waals surface area contributed by atoms with Crippen LogP contribution in [0.15, 0.2) is 66.2 Å². The average Bonchev–Trinajstić information content (AvgIpc) is 3.78. The van der Waals surface area contributed by atoms with E-state index in [0.29, 0.717) is 32.0 Å². The molecule has 2 unspecified atom stereocenters. The third-order valence-corrected chi connectivity index (χ3v) is 7.72. The van der Waals surface area contributed by atoms with Crippen molar-refractivity contribution in [2.75, 3.05) is 6.61 Å². The van der Waals surface area contributed by atoms with Crippen LogP contribution in [0.5, 0.6) is 5.75 Å². The summed E-state index contributed by atoms with van der Waals surface area (Å²) in [6.07, 6.45) is 5.59. The maximum absolute atomic E-state index is 11.3. The molecule has 3 aromatic rings. The number of carbonyl (C=O) groups is 1.